The number of nitrogens with one attached hydrogen (secondary N) is 1. The SMILES string of the molecule is CC[C@H](C(=O)N[C@@H](C)CC)N(Cc1ccccc1C)C(=O)CN(c1ccccc1C)S(=O)(=O)c1ccccc1. The highest BCUT2D eigenvalue weighted by atomic mass is 32.2. The zero-order valence-corrected chi connectivity index (χ0v) is 24.2. The van der Waals surface area contributed by atoms with E-state index in [9.17, 15) is 18.0 Å². The fourth-order valence-electron chi connectivity index (χ4n) is 4.41. The molecule has 8 heteroatoms. The molecule has 0 heterocycles. The lowest BCUT2D eigenvalue weighted by Gasteiger charge is -2.34. The van der Waals surface area contributed by atoms with Crippen molar-refractivity contribution >= 4 is 27.5 Å². The van der Waals surface area contributed by atoms with E-state index in [-0.39, 0.29) is 23.4 Å². The van der Waals surface area contributed by atoms with E-state index in [1.165, 1.54) is 17.0 Å². The molecule has 0 aliphatic carbocycles. The van der Waals surface area contributed by atoms with E-state index in [0.717, 1.165) is 27.4 Å². The molecule has 0 radical (unpaired) electrons. The normalized spacial score (nSPS) is 12.8. The van der Waals surface area contributed by atoms with Gasteiger partial charge in [-0.2, -0.15) is 0 Å². The summed E-state index contributed by atoms with van der Waals surface area (Å²) in [5.41, 5.74) is 3.02. The first kappa shape index (κ1) is 29.9. The summed E-state index contributed by atoms with van der Waals surface area (Å²) in [4.78, 5) is 29.1. The second-order valence-corrected chi connectivity index (χ2v) is 11.7. The van der Waals surface area contributed by atoms with Gasteiger partial charge >= 0.3 is 0 Å². The quantitative estimate of drug-likeness (QED) is 0.336. The molecular weight excluding hydrogens is 510 g/mol. The van der Waals surface area contributed by atoms with Crippen LogP contribution in [0.15, 0.2) is 83.8 Å². The summed E-state index contributed by atoms with van der Waals surface area (Å²) in [6.45, 7) is 9.27. The van der Waals surface area contributed by atoms with Crippen molar-refractivity contribution in [1.82, 2.24) is 10.2 Å². The molecule has 0 spiro atoms. The van der Waals surface area contributed by atoms with Crippen molar-refractivity contribution in [3.8, 4) is 0 Å². The van der Waals surface area contributed by atoms with Crippen LogP contribution in [0.3, 0.4) is 0 Å². The van der Waals surface area contributed by atoms with E-state index < -0.39 is 28.5 Å². The largest absolute Gasteiger partial charge is 0.352 e. The second-order valence-electron chi connectivity index (χ2n) is 9.80. The number of amides is 2. The minimum absolute atomic E-state index is 0.0520. The molecule has 39 heavy (non-hydrogen) atoms. The van der Waals surface area contributed by atoms with Gasteiger partial charge < -0.3 is 10.2 Å². The molecule has 0 saturated heterocycles. The number of carbonyl (C=O) groups excluding carboxylic acids is 2. The lowest BCUT2D eigenvalue weighted by molar-refractivity contribution is -0.140. The van der Waals surface area contributed by atoms with Crippen molar-refractivity contribution in [2.24, 2.45) is 0 Å². The topological polar surface area (TPSA) is 86.8 Å². The van der Waals surface area contributed by atoms with Gasteiger partial charge in [-0.3, -0.25) is 13.9 Å². The van der Waals surface area contributed by atoms with Gasteiger partial charge in [0.1, 0.15) is 12.6 Å². The molecule has 3 aromatic rings. The zero-order chi connectivity index (χ0) is 28.6. The monoisotopic (exact) mass is 549 g/mol. The number of anilines is 1. The summed E-state index contributed by atoms with van der Waals surface area (Å²) in [5.74, 6) is -0.700. The summed E-state index contributed by atoms with van der Waals surface area (Å²) in [6.07, 6.45) is 1.14. The van der Waals surface area contributed by atoms with Crippen molar-refractivity contribution < 1.29 is 18.0 Å². The van der Waals surface area contributed by atoms with Crippen LogP contribution in [0.25, 0.3) is 0 Å². The highest BCUT2D eigenvalue weighted by molar-refractivity contribution is 7.92. The Labute approximate surface area is 232 Å². The number of benzene rings is 3. The highest BCUT2D eigenvalue weighted by Crippen LogP contribution is 2.27. The maximum Gasteiger partial charge on any atom is 0.264 e. The van der Waals surface area contributed by atoms with E-state index in [2.05, 4.69) is 5.32 Å². The minimum Gasteiger partial charge on any atom is -0.352 e. The predicted molar refractivity (Wildman–Crippen MR) is 156 cm³/mol. The molecule has 0 fully saturated rings. The third-order valence-corrected chi connectivity index (χ3v) is 8.76. The molecule has 0 bridgehead atoms. The van der Waals surface area contributed by atoms with Crippen LogP contribution in [0, 0.1) is 13.8 Å². The molecule has 0 aliphatic heterocycles. The molecule has 1 N–H and O–H groups in total. The Balaban J connectivity index is 2.07. The Morgan fingerprint density at radius 1 is 0.821 bits per heavy atom. The standard InChI is InChI=1S/C31H39N3O4S/c1-6-25(5)32-31(36)28(7-2)33(21-26-17-13-11-15-23(26)3)30(35)22-34(29-20-14-12-16-24(29)4)39(37,38)27-18-9-8-10-19-27/h8-20,25,28H,6-7,21-22H2,1-5H3,(H,32,36)/t25-,28+/m0/s1. The van der Waals surface area contributed by atoms with Gasteiger partial charge in [0.25, 0.3) is 10.0 Å². The van der Waals surface area contributed by atoms with Gasteiger partial charge in [-0.15, -0.1) is 0 Å². The number of rotatable bonds is 12. The van der Waals surface area contributed by atoms with Crippen LogP contribution in [0.5, 0.6) is 0 Å². The summed E-state index contributed by atoms with van der Waals surface area (Å²) < 4.78 is 28.9. The molecule has 3 rings (SSSR count). The number of aryl methyl sites for hydroxylation is 2. The summed E-state index contributed by atoms with van der Waals surface area (Å²) in [6, 6.07) is 22.1. The Morgan fingerprint density at radius 2 is 1.41 bits per heavy atom. The van der Waals surface area contributed by atoms with E-state index >= 15 is 0 Å². The van der Waals surface area contributed by atoms with Crippen molar-refractivity contribution in [1.29, 1.82) is 0 Å². The summed E-state index contributed by atoms with van der Waals surface area (Å²) in [5, 5.41) is 3.00. The maximum atomic E-state index is 14.1. The van der Waals surface area contributed by atoms with E-state index in [0.29, 0.717) is 12.1 Å². The molecule has 0 aliphatic rings. The Morgan fingerprint density at radius 3 is 2.00 bits per heavy atom. The highest BCUT2D eigenvalue weighted by Gasteiger charge is 2.34. The van der Waals surface area contributed by atoms with E-state index in [1.54, 1.807) is 30.3 Å². The van der Waals surface area contributed by atoms with Crippen LogP contribution >= 0.6 is 0 Å². The number of hydrogen-bond acceptors (Lipinski definition) is 4. The Kier molecular flexibility index (Phi) is 10.3. The van der Waals surface area contributed by atoms with Gasteiger partial charge in [-0.1, -0.05) is 74.5 Å². The molecule has 0 unspecified atom stereocenters. The van der Waals surface area contributed by atoms with Crippen LogP contribution < -0.4 is 9.62 Å². The first-order valence-electron chi connectivity index (χ1n) is 13.4. The molecule has 208 valence electrons. The van der Waals surface area contributed by atoms with Gasteiger partial charge in [0.15, 0.2) is 0 Å². The average molecular weight is 550 g/mol. The molecule has 3 aromatic carbocycles. The molecule has 2 amide bonds. The summed E-state index contributed by atoms with van der Waals surface area (Å²) in [7, 11) is -4.08. The smallest absolute Gasteiger partial charge is 0.264 e. The number of para-hydroxylation sites is 1. The molecule has 7 nitrogen and oxygen atoms in total. The molecule has 2 atom stereocenters. The van der Waals surface area contributed by atoms with Crippen molar-refractivity contribution in [3.63, 3.8) is 0 Å². The molecular formula is C31H39N3O4S. The van der Waals surface area contributed by atoms with Crippen molar-refractivity contribution in [3.05, 3.63) is 95.6 Å². The van der Waals surface area contributed by atoms with Gasteiger partial charge in [-0.05, 0) is 68.5 Å². The number of hydrogen-bond donors (Lipinski definition) is 1. The fraction of sp³-hybridized carbons (Fsp3) is 0.355. The third kappa shape index (κ3) is 7.26. The van der Waals surface area contributed by atoms with Crippen LogP contribution in [-0.2, 0) is 26.2 Å². The Hall–Kier alpha value is -3.65. The van der Waals surface area contributed by atoms with Crippen LogP contribution in [0.2, 0.25) is 0 Å². The number of nitrogens with zero attached hydrogens (tertiary/aromatic N) is 2. The third-order valence-electron chi connectivity index (χ3n) is 6.98. The van der Waals surface area contributed by atoms with Crippen LogP contribution in [0.4, 0.5) is 5.69 Å². The van der Waals surface area contributed by atoms with Gasteiger partial charge in [-0.25, -0.2) is 8.42 Å². The minimum atomic E-state index is -4.08. The number of carbonyl (C=O) groups is 2. The first-order chi connectivity index (χ1) is 18.6. The van der Waals surface area contributed by atoms with Gasteiger partial charge in [0.05, 0.1) is 10.6 Å². The fourth-order valence-corrected chi connectivity index (χ4v) is 5.91. The van der Waals surface area contributed by atoms with Crippen molar-refractivity contribution in [2.45, 2.75) is 71.0 Å². The van der Waals surface area contributed by atoms with Gasteiger partial charge in [0.2, 0.25) is 11.8 Å². The average Bonchev–Trinajstić information content (AvgIpc) is 2.93. The maximum absolute atomic E-state index is 14.1. The zero-order valence-electron chi connectivity index (χ0n) is 23.4. The van der Waals surface area contributed by atoms with Crippen LogP contribution in [-0.4, -0.2) is 43.8 Å². The lowest BCUT2D eigenvalue weighted by atomic mass is 10.1. The second kappa shape index (κ2) is 13.4. The predicted octanol–water partition coefficient (Wildman–Crippen LogP) is 5.22. The van der Waals surface area contributed by atoms with E-state index in [1.807, 2.05) is 71.0 Å². The summed E-state index contributed by atoms with van der Waals surface area (Å²) >= 11 is 0. The molecule has 0 aromatic heterocycles. The first-order valence-corrected chi connectivity index (χ1v) is 14.8. The van der Waals surface area contributed by atoms with Crippen LogP contribution in [0.1, 0.15) is 50.3 Å². The van der Waals surface area contributed by atoms with E-state index in [4.69, 9.17) is 0 Å². The van der Waals surface area contributed by atoms with Gasteiger partial charge in [0, 0.05) is 12.6 Å². The Bertz CT molecular complexity index is 1380. The van der Waals surface area contributed by atoms with Crippen molar-refractivity contribution in [2.75, 3.05) is 10.8 Å². The lowest BCUT2D eigenvalue weighted by Crippen LogP contribution is -2.53. The molecule has 0 saturated carbocycles. The number of sulfonamides is 1.